The highest BCUT2D eigenvalue weighted by Crippen LogP contribution is 2.30. The minimum atomic E-state index is -0.745. The summed E-state index contributed by atoms with van der Waals surface area (Å²) in [5, 5.41) is 8.33. The lowest BCUT2D eigenvalue weighted by Gasteiger charge is -2.41. The largest absolute Gasteiger partial charge is 0.379 e. The fraction of sp³-hybridized carbons (Fsp3) is 0.690. The van der Waals surface area contributed by atoms with Crippen LogP contribution in [0.15, 0.2) is 36.7 Å². The van der Waals surface area contributed by atoms with Gasteiger partial charge in [-0.1, -0.05) is 73.1 Å². The molecule has 1 aromatic heterocycles. The van der Waals surface area contributed by atoms with E-state index in [0.717, 1.165) is 35.6 Å². The Bertz CT molecular complexity index is 1520. The molecule has 0 unspecified atom stereocenters. The number of rotatable bonds is 20. The van der Waals surface area contributed by atoms with E-state index in [2.05, 4.69) is 41.6 Å². The summed E-state index contributed by atoms with van der Waals surface area (Å²) in [7, 11) is 8.66. The second-order valence-corrected chi connectivity index (χ2v) is 16.0. The molecule has 1 saturated heterocycles. The maximum absolute atomic E-state index is 14.2. The van der Waals surface area contributed by atoms with E-state index in [-0.39, 0.29) is 59.9 Å². The fourth-order valence-electron chi connectivity index (χ4n) is 8.29. The summed E-state index contributed by atoms with van der Waals surface area (Å²) in [5.74, 6) is -1.23. The maximum Gasteiger partial charge on any atom is 0.245 e. The van der Waals surface area contributed by atoms with Crippen LogP contribution in [0.4, 0.5) is 0 Å². The van der Waals surface area contributed by atoms with Crippen LogP contribution in [0, 0.1) is 23.7 Å². The predicted octanol–water partition coefficient (Wildman–Crippen LogP) is 4.54. The lowest BCUT2D eigenvalue weighted by Crippen LogP contribution is -2.59. The van der Waals surface area contributed by atoms with Gasteiger partial charge >= 0.3 is 0 Å². The average molecular weight is 753 g/mol. The van der Waals surface area contributed by atoms with E-state index in [1.807, 2.05) is 76.8 Å². The summed E-state index contributed by atoms with van der Waals surface area (Å²) < 4.78 is 12.0. The minimum absolute atomic E-state index is 0.000330. The van der Waals surface area contributed by atoms with Crippen LogP contribution in [0.1, 0.15) is 79.7 Å². The van der Waals surface area contributed by atoms with Crippen LogP contribution in [0.5, 0.6) is 0 Å². The van der Waals surface area contributed by atoms with Gasteiger partial charge in [-0.05, 0) is 68.1 Å². The molecule has 0 saturated carbocycles. The van der Waals surface area contributed by atoms with E-state index >= 15 is 0 Å². The zero-order chi connectivity index (χ0) is 40.3. The van der Waals surface area contributed by atoms with Gasteiger partial charge in [-0.3, -0.25) is 29.1 Å². The molecule has 0 aliphatic carbocycles. The standard InChI is InChI=1S/C42H68N6O6/c1-13-28(6)38(47(10)42(52)36(26(2)3)45-41(51)37(27(4)5)46(8)9)34(53-11)24-35(49)48-23-15-18-33(48)39(54-12)29(7)40(50)44-22-20-31-17-14-16-30-19-21-43-25-32(30)31/h14,16-17,19,21,25-29,33-34,36-39H,13,15,18,20,22-24H2,1-12H3,(H,44,50)(H,45,51)/t28-,29+,33-,34+,36-,37-,38-,39+/m0/s1. The van der Waals surface area contributed by atoms with Crippen LogP contribution < -0.4 is 10.6 Å². The third-order valence-corrected chi connectivity index (χ3v) is 11.4. The highest BCUT2D eigenvalue weighted by Gasteiger charge is 2.43. The number of ether oxygens (including phenoxy) is 2. The molecule has 12 heteroatoms. The smallest absolute Gasteiger partial charge is 0.245 e. The number of nitrogens with zero attached hydrogens (tertiary/aromatic N) is 4. The summed E-state index contributed by atoms with van der Waals surface area (Å²) in [4.78, 5) is 65.0. The first-order valence-corrected chi connectivity index (χ1v) is 19.8. The van der Waals surface area contributed by atoms with Crippen molar-refractivity contribution < 1.29 is 28.7 Å². The van der Waals surface area contributed by atoms with Gasteiger partial charge in [-0.25, -0.2) is 0 Å². The van der Waals surface area contributed by atoms with Gasteiger partial charge in [-0.2, -0.15) is 0 Å². The van der Waals surface area contributed by atoms with Crippen molar-refractivity contribution in [3.05, 3.63) is 42.2 Å². The summed E-state index contributed by atoms with van der Waals surface area (Å²) in [6.45, 7) is 14.8. The molecule has 2 aromatic rings. The number of likely N-dealkylation sites (N-methyl/N-ethyl adjacent to an activating group) is 2. The van der Waals surface area contributed by atoms with E-state index in [1.54, 1.807) is 32.4 Å². The highest BCUT2D eigenvalue weighted by molar-refractivity contribution is 5.90. The molecule has 0 radical (unpaired) electrons. The second kappa shape index (κ2) is 20.9. The van der Waals surface area contributed by atoms with Crippen molar-refractivity contribution in [3.8, 4) is 0 Å². The van der Waals surface area contributed by atoms with Crippen molar-refractivity contribution in [1.82, 2.24) is 30.3 Å². The molecule has 3 rings (SSSR count). The summed E-state index contributed by atoms with van der Waals surface area (Å²) in [6, 6.07) is 6.27. The number of likely N-dealkylation sites (tertiary alicyclic amines) is 1. The summed E-state index contributed by atoms with van der Waals surface area (Å²) in [5.41, 5.74) is 1.12. The van der Waals surface area contributed by atoms with Crippen molar-refractivity contribution >= 4 is 34.4 Å². The number of benzene rings is 1. The first-order valence-electron chi connectivity index (χ1n) is 19.8. The number of amides is 4. The van der Waals surface area contributed by atoms with Crippen LogP contribution in [-0.2, 0) is 35.1 Å². The highest BCUT2D eigenvalue weighted by atomic mass is 16.5. The van der Waals surface area contributed by atoms with Crippen molar-refractivity contribution in [1.29, 1.82) is 0 Å². The molecule has 302 valence electrons. The molecule has 1 aliphatic rings. The molecule has 0 bridgehead atoms. The van der Waals surface area contributed by atoms with E-state index in [9.17, 15) is 19.2 Å². The summed E-state index contributed by atoms with van der Waals surface area (Å²) >= 11 is 0. The van der Waals surface area contributed by atoms with E-state index < -0.39 is 30.2 Å². The number of pyridine rings is 1. The lowest BCUT2D eigenvalue weighted by atomic mass is 9.89. The number of hydrogen-bond acceptors (Lipinski definition) is 8. The minimum Gasteiger partial charge on any atom is -0.379 e. The van der Waals surface area contributed by atoms with Crippen LogP contribution in [0.3, 0.4) is 0 Å². The molecule has 54 heavy (non-hydrogen) atoms. The topological polar surface area (TPSA) is 133 Å². The Morgan fingerprint density at radius 2 is 1.67 bits per heavy atom. The van der Waals surface area contributed by atoms with Gasteiger partial charge in [0.1, 0.15) is 6.04 Å². The third kappa shape index (κ3) is 11.0. The van der Waals surface area contributed by atoms with Gasteiger partial charge in [0, 0.05) is 52.1 Å². The zero-order valence-electron chi connectivity index (χ0n) is 34.9. The number of nitrogens with one attached hydrogen (secondary N) is 2. The van der Waals surface area contributed by atoms with Gasteiger partial charge in [0.25, 0.3) is 0 Å². The molecule has 12 nitrogen and oxygen atoms in total. The quantitative estimate of drug-likeness (QED) is 0.202. The number of methoxy groups -OCH3 is 2. The SMILES string of the molecule is CC[C@H](C)[C@@H]([C@@H](CC(=O)N1CCC[C@H]1[C@H](OC)[C@@H](C)C(=O)NCCc1cccc2ccncc12)OC)N(C)C(=O)[C@@H](NC(=O)[C@H](C(C)C)N(C)C)C(C)C. The molecule has 4 amide bonds. The van der Waals surface area contributed by atoms with Gasteiger partial charge in [0.05, 0.1) is 42.7 Å². The van der Waals surface area contributed by atoms with E-state index in [1.165, 1.54) is 0 Å². The van der Waals surface area contributed by atoms with Crippen LogP contribution in [0.25, 0.3) is 10.8 Å². The zero-order valence-corrected chi connectivity index (χ0v) is 34.9. The predicted molar refractivity (Wildman–Crippen MR) is 214 cm³/mol. The Labute approximate surface area is 324 Å². The van der Waals surface area contributed by atoms with Crippen molar-refractivity contribution in [3.63, 3.8) is 0 Å². The molecule has 2 heterocycles. The monoisotopic (exact) mass is 753 g/mol. The number of carbonyl (C=O) groups is 4. The van der Waals surface area contributed by atoms with Gasteiger partial charge in [0.15, 0.2) is 0 Å². The Balaban J connectivity index is 1.73. The van der Waals surface area contributed by atoms with Crippen LogP contribution in [-0.4, -0.2) is 128 Å². The van der Waals surface area contributed by atoms with E-state index in [0.29, 0.717) is 19.5 Å². The van der Waals surface area contributed by atoms with Crippen molar-refractivity contribution in [2.24, 2.45) is 23.7 Å². The molecule has 1 aromatic carbocycles. The molecule has 8 atom stereocenters. The van der Waals surface area contributed by atoms with Crippen molar-refractivity contribution in [2.45, 2.75) is 117 Å². The molecule has 0 spiro atoms. The average Bonchev–Trinajstić information content (AvgIpc) is 3.62. The van der Waals surface area contributed by atoms with E-state index in [4.69, 9.17) is 9.47 Å². The molecule has 1 fully saturated rings. The van der Waals surface area contributed by atoms with Gasteiger partial charge in [-0.15, -0.1) is 0 Å². The Hall–Kier alpha value is -3.61. The van der Waals surface area contributed by atoms with Crippen LogP contribution in [0.2, 0.25) is 0 Å². The first-order chi connectivity index (χ1) is 25.6. The number of carbonyl (C=O) groups excluding carboxylic acids is 4. The Morgan fingerprint density at radius 1 is 0.963 bits per heavy atom. The lowest BCUT2D eigenvalue weighted by molar-refractivity contribution is -0.148. The third-order valence-electron chi connectivity index (χ3n) is 11.4. The van der Waals surface area contributed by atoms with Crippen LogP contribution >= 0.6 is 0 Å². The second-order valence-electron chi connectivity index (χ2n) is 16.0. The van der Waals surface area contributed by atoms with Gasteiger partial charge in [0.2, 0.25) is 23.6 Å². The molecule has 1 aliphatic heterocycles. The molecular formula is C42H68N6O6. The Morgan fingerprint density at radius 3 is 2.26 bits per heavy atom. The fourth-order valence-corrected chi connectivity index (χ4v) is 8.29. The molecule has 2 N–H and O–H groups in total. The first kappa shape index (κ1) is 44.8. The summed E-state index contributed by atoms with van der Waals surface area (Å²) in [6.07, 6.45) is 5.53. The molecular weight excluding hydrogens is 684 g/mol. The normalized spacial score (nSPS) is 18.6. The van der Waals surface area contributed by atoms with Crippen molar-refractivity contribution in [2.75, 3.05) is 48.5 Å². The number of aromatic nitrogens is 1. The number of fused-ring (bicyclic) bond motifs is 1. The maximum atomic E-state index is 14.2. The number of hydrogen-bond donors (Lipinski definition) is 2. The Kier molecular flexibility index (Phi) is 17.3. The van der Waals surface area contributed by atoms with Gasteiger partial charge < -0.3 is 29.9 Å².